The van der Waals surface area contributed by atoms with Crippen LogP contribution in [-0.4, -0.2) is 29.5 Å². The molecule has 0 saturated carbocycles. The van der Waals surface area contributed by atoms with Gasteiger partial charge < -0.3 is 15.5 Å². The number of aliphatic hydroxyl groups excluding tert-OH is 2. The molecule has 0 radical (unpaired) electrons. The van der Waals surface area contributed by atoms with E-state index in [9.17, 15) is 4.39 Å². The summed E-state index contributed by atoms with van der Waals surface area (Å²) in [5, 5.41) is 29.0. The van der Waals surface area contributed by atoms with E-state index in [1.165, 1.54) is 18.2 Å². The highest BCUT2D eigenvalue weighted by Crippen LogP contribution is 2.17. The standard InChI is InChI=1S/C10H11FN2O2/c11-9-2-1-3-10(8(9)4-12)13-5-7(15)6-14/h1-3,7,13-15H,5-6H2. The Morgan fingerprint density at radius 3 is 2.87 bits per heavy atom. The number of nitrogens with one attached hydrogen (secondary N) is 1. The Morgan fingerprint density at radius 2 is 2.27 bits per heavy atom. The van der Waals surface area contributed by atoms with Crippen LogP contribution < -0.4 is 5.32 Å². The Bertz CT molecular complexity index is 376. The van der Waals surface area contributed by atoms with Gasteiger partial charge in [-0.15, -0.1) is 0 Å². The molecule has 0 amide bonds. The molecule has 1 aromatic rings. The molecule has 0 aliphatic carbocycles. The van der Waals surface area contributed by atoms with Crippen LogP contribution in [0.3, 0.4) is 0 Å². The number of benzene rings is 1. The third kappa shape index (κ3) is 2.91. The summed E-state index contributed by atoms with van der Waals surface area (Å²) in [5.74, 6) is -0.610. The molecule has 0 aromatic heterocycles. The molecule has 1 atom stereocenters. The first-order valence-corrected chi connectivity index (χ1v) is 4.40. The lowest BCUT2D eigenvalue weighted by atomic mass is 10.2. The van der Waals surface area contributed by atoms with Gasteiger partial charge in [-0.2, -0.15) is 5.26 Å². The van der Waals surface area contributed by atoms with Gasteiger partial charge in [0.25, 0.3) is 0 Å². The lowest BCUT2D eigenvalue weighted by molar-refractivity contribution is 0.105. The van der Waals surface area contributed by atoms with E-state index in [1.54, 1.807) is 6.07 Å². The van der Waals surface area contributed by atoms with Gasteiger partial charge in [0.2, 0.25) is 0 Å². The predicted octanol–water partition coefficient (Wildman–Crippen LogP) is 0.462. The summed E-state index contributed by atoms with van der Waals surface area (Å²) in [6, 6.07) is 5.91. The summed E-state index contributed by atoms with van der Waals surface area (Å²) >= 11 is 0. The monoisotopic (exact) mass is 210 g/mol. The van der Waals surface area contributed by atoms with E-state index in [-0.39, 0.29) is 18.7 Å². The van der Waals surface area contributed by atoms with Crippen molar-refractivity contribution in [2.45, 2.75) is 6.10 Å². The first-order chi connectivity index (χ1) is 7.19. The number of nitriles is 1. The highest BCUT2D eigenvalue weighted by molar-refractivity contribution is 5.57. The van der Waals surface area contributed by atoms with Crippen molar-refractivity contribution in [3.63, 3.8) is 0 Å². The largest absolute Gasteiger partial charge is 0.394 e. The molecule has 4 nitrogen and oxygen atoms in total. The van der Waals surface area contributed by atoms with Gasteiger partial charge in [0, 0.05) is 6.54 Å². The highest BCUT2D eigenvalue weighted by Gasteiger charge is 2.08. The van der Waals surface area contributed by atoms with Crippen molar-refractivity contribution in [1.82, 2.24) is 0 Å². The number of rotatable bonds is 4. The van der Waals surface area contributed by atoms with Crippen LogP contribution in [0.5, 0.6) is 0 Å². The van der Waals surface area contributed by atoms with Gasteiger partial charge in [0.1, 0.15) is 17.4 Å². The molecule has 0 fully saturated rings. The molecule has 1 aromatic carbocycles. The zero-order valence-corrected chi connectivity index (χ0v) is 7.94. The molecule has 15 heavy (non-hydrogen) atoms. The SMILES string of the molecule is N#Cc1c(F)cccc1NCC(O)CO. The van der Waals surface area contributed by atoms with Crippen molar-refractivity contribution < 1.29 is 14.6 Å². The van der Waals surface area contributed by atoms with Crippen LogP contribution in [0.4, 0.5) is 10.1 Å². The van der Waals surface area contributed by atoms with E-state index in [0.717, 1.165) is 0 Å². The van der Waals surface area contributed by atoms with Gasteiger partial charge in [-0.3, -0.25) is 0 Å². The molecule has 1 rings (SSSR count). The van der Waals surface area contributed by atoms with E-state index in [2.05, 4.69) is 5.32 Å². The third-order valence-corrected chi connectivity index (χ3v) is 1.86. The Hall–Kier alpha value is -1.64. The Morgan fingerprint density at radius 1 is 1.53 bits per heavy atom. The summed E-state index contributed by atoms with van der Waals surface area (Å²) in [7, 11) is 0. The van der Waals surface area contributed by atoms with Gasteiger partial charge in [0.05, 0.1) is 18.4 Å². The molecular formula is C10H11FN2O2. The Labute approximate surface area is 86.6 Å². The second-order valence-corrected chi connectivity index (χ2v) is 2.99. The van der Waals surface area contributed by atoms with Gasteiger partial charge in [-0.05, 0) is 12.1 Å². The van der Waals surface area contributed by atoms with Crippen molar-refractivity contribution >= 4 is 5.69 Å². The maximum atomic E-state index is 13.1. The molecule has 0 aliphatic heterocycles. The van der Waals surface area contributed by atoms with E-state index in [0.29, 0.717) is 5.69 Å². The van der Waals surface area contributed by atoms with Crippen molar-refractivity contribution in [2.24, 2.45) is 0 Å². The van der Waals surface area contributed by atoms with Gasteiger partial charge in [-0.1, -0.05) is 6.07 Å². The average Bonchev–Trinajstić information content (AvgIpc) is 2.25. The van der Waals surface area contributed by atoms with Crippen LogP contribution in [0.2, 0.25) is 0 Å². The molecule has 0 saturated heterocycles. The fraction of sp³-hybridized carbons (Fsp3) is 0.300. The molecule has 1 unspecified atom stereocenters. The van der Waals surface area contributed by atoms with Gasteiger partial charge >= 0.3 is 0 Å². The van der Waals surface area contributed by atoms with Crippen LogP contribution in [-0.2, 0) is 0 Å². The minimum atomic E-state index is -0.931. The first-order valence-electron chi connectivity index (χ1n) is 4.40. The molecule has 0 aliphatic rings. The number of anilines is 1. The number of halogens is 1. The molecule has 0 heterocycles. The number of hydrogen-bond acceptors (Lipinski definition) is 4. The van der Waals surface area contributed by atoms with Crippen LogP contribution in [0.25, 0.3) is 0 Å². The van der Waals surface area contributed by atoms with E-state index >= 15 is 0 Å². The average molecular weight is 210 g/mol. The fourth-order valence-electron chi connectivity index (χ4n) is 1.08. The van der Waals surface area contributed by atoms with Crippen LogP contribution >= 0.6 is 0 Å². The Kier molecular flexibility index (Phi) is 4.03. The zero-order valence-electron chi connectivity index (χ0n) is 7.94. The summed E-state index contributed by atoms with van der Waals surface area (Å²) < 4.78 is 13.1. The van der Waals surface area contributed by atoms with Crippen molar-refractivity contribution in [2.75, 3.05) is 18.5 Å². The van der Waals surface area contributed by atoms with Crippen molar-refractivity contribution in [3.8, 4) is 6.07 Å². The molecule has 0 bridgehead atoms. The van der Waals surface area contributed by atoms with E-state index in [1.807, 2.05) is 0 Å². The molecule has 80 valence electrons. The van der Waals surface area contributed by atoms with Crippen molar-refractivity contribution in [3.05, 3.63) is 29.6 Å². The lowest BCUT2D eigenvalue weighted by Crippen LogP contribution is -2.23. The van der Waals surface area contributed by atoms with Gasteiger partial charge in [-0.25, -0.2) is 4.39 Å². The smallest absolute Gasteiger partial charge is 0.143 e. The second-order valence-electron chi connectivity index (χ2n) is 2.99. The second kappa shape index (κ2) is 5.29. The summed E-state index contributed by atoms with van der Waals surface area (Å²) in [4.78, 5) is 0. The van der Waals surface area contributed by atoms with Crippen LogP contribution in [0.1, 0.15) is 5.56 Å². The molecule has 0 spiro atoms. The van der Waals surface area contributed by atoms with Crippen LogP contribution in [0.15, 0.2) is 18.2 Å². The quantitative estimate of drug-likeness (QED) is 0.675. The normalized spacial score (nSPS) is 11.9. The number of aliphatic hydroxyl groups is 2. The molecular weight excluding hydrogens is 199 g/mol. The van der Waals surface area contributed by atoms with Crippen molar-refractivity contribution in [1.29, 1.82) is 5.26 Å². The maximum Gasteiger partial charge on any atom is 0.143 e. The zero-order chi connectivity index (χ0) is 11.3. The number of hydrogen-bond donors (Lipinski definition) is 3. The minimum Gasteiger partial charge on any atom is -0.394 e. The van der Waals surface area contributed by atoms with Crippen LogP contribution in [0, 0.1) is 17.1 Å². The molecule has 5 heteroatoms. The predicted molar refractivity (Wildman–Crippen MR) is 52.7 cm³/mol. The topological polar surface area (TPSA) is 76.3 Å². The maximum absolute atomic E-state index is 13.1. The Balaban J connectivity index is 2.77. The summed E-state index contributed by atoms with van der Waals surface area (Å²) in [6.07, 6.45) is -0.931. The minimum absolute atomic E-state index is 0.0641. The number of nitrogens with zero attached hydrogens (tertiary/aromatic N) is 1. The summed E-state index contributed by atoms with van der Waals surface area (Å²) in [6.45, 7) is -0.321. The lowest BCUT2D eigenvalue weighted by Gasteiger charge is -2.11. The van der Waals surface area contributed by atoms with E-state index < -0.39 is 11.9 Å². The first kappa shape index (κ1) is 11.4. The highest BCUT2D eigenvalue weighted by atomic mass is 19.1. The summed E-state index contributed by atoms with van der Waals surface area (Å²) in [5.41, 5.74) is 0.215. The van der Waals surface area contributed by atoms with E-state index in [4.69, 9.17) is 15.5 Å². The fourth-order valence-corrected chi connectivity index (χ4v) is 1.08. The molecule has 3 N–H and O–H groups in total. The van der Waals surface area contributed by atoms with Gasteiger partial charge in [0.15, 0.2) is 0 Å². The third-order valence-electron chi connectivity index (χ3n) is 1.86.